The van der Waals surface area contributed by atoms with E-state index in [0.717, 1.165) is 0 Å². The number of anilines is 2. The van der Waals surface area contributed by atoms with Crippen LogP contribution in [-0.4, -0.2) is 21.6 Å². The maximum absolute atomic E-state index is 13.4. The molecule has 2 N–H and O–H groups in total. The molecule has 10 heteroatoms. The number of nitrogens with zero attached hydrogens (tertiary/aromatic N) is 2. The number of carbonyl (C=O) groups is 2. The minimum absolute atomic E-state index is 0.226. The zero-order valence-electron chi connectivity index (χ0n) is 14.5. The number of carbonyl (C=O) groups excluding carboxylic acids is 2. The van der Waals surface area contributed by atoms with E-state index >= 15 is 0 Å². The first-order valence-corrected chi connectivity index (χ1v) is 8.42. The van der Waals surface area contributed by atoms with Crippen molar-refractivity contribution in [3.8, 4) is 11.1 Å². The molecule has 1 aliphatic rings. The summed E-state index contributed by atoms with van der Waals surface area (Å²) < 4.78 is 54.3. The van der Waals surface area contributed by atoms with Crippen molar-refractivity contribution < 1.29 is 27.2 Å². The summed E-state index contributed by atoms with van der Waals surface area (Å²) >= 11 is 0. The van der Waals surface area contributed by atoms with Crippen molar-refractivity contribution in [2.45, 2.75) is 12.5 Å². The minimum Gasteiger partial charge on any atom is -0.324 e. The molecule has 0 radical (unpaired) electrons. The summed E-state index contributed by atoms with van der Waals surface area (Å²) in [6.45, 7) is 0. The van der Waals surface area contributed by atoms with Gasteiger partial charge in [-0.2, -0.15) is 5.10 Å². The van der Waals surface area contributed by atoms with Crippen LogP contribution in [0, 0.1) is 23.3 Å². The number of halogens is 4. The molecule has 1 aromatic heterocycles. The van der Waals surface area contributed by atoms with E-state index in [4.69, 9.17) is 0 Å². The van der Waals surface area contributed by atoms with Crippen LogP contribution in [0.5, 0.6) is 0 Å². The molecule has 0 saturated heterocycles. The summed E-state index contributed by atoms with van der Waals surface area (Å²) in [6, 6.07) is 5.63. The van der Waals surface area contributed by atoms with Crippen LogP contribution in [-0.2, 0) is 9.59 Å². The molecular weight excluding hydrogens is 392 g/mol. The lowest BCUT2D eigenvalue weighted by Gasteiger charge is -2.24. The second-order valence-corrected chi connectivity index (χ2v) is 6.37. The SMILES string of the molecule is O=C1CC(C(=O)Nc2cc(F)c(F)c(F)c2)n2ncc(-c3ccc(F)cc3)c2N1. The van der Waals surface area contributed by atoms with Crippen molar-refractivity contribution in [2.24, 2.45) is 0 Å². The van der Waals surface area contributed by atoms with Crippen LogP contribution in [0.15, 0.2) is 42.6 Å². The third-order valence-electron chi connectivity index (χ3n) is 4.44. The molecule has 4 rings (SSSR count). The fraction of sp³-hybridized carbons (Fsp3) is 0.105. The molecule has 2 amide bonds. The van der Waals surface area contributed by atoms with Gasteiger partial charge < -0.3 is 10.6 Å². The Labute approximate surface area is 161 Å². The minimum atomic E-state index is -1.65. The highest BCUT2D eigenvalue weighted by atomic mass is 19.2. The Balaban J connectivity index is 1.66. The van der Waals surface area contributed by atoms with Crippen molar-refractivity contribution in [1.82, 2.24) is 9.78 Å². The van der Waals surface area contributed by atoms with Gasteiger partial charge in [0.05, 0.1) is 12.6 Å². The van der Waals surface area contributed by atoms with E-state index in [9.17, 15) is 27.2 Å². The molecule has 0 aliphatic carbocycles. The van der Waals surface area contributed by atoms with Crippen LogP contribution in [0.4, 0.5) is 29.1 Å². The molecule has 0 saturated carbocycles. The molecule has 2 aromatic carbocycles. The van der Waals surface area contributed by atoms with Crippen LogP contribution in [0.1, 0.15) is 12.5 Å². The Morgan fingerprint density at radius 3 is 2.41 bits per heavy atom. The molecule has 1 aliphatic heterocycles. The molecule has 29 heavy (non-hydrogen) atoms. The van der Waals surface area contributed by atoms with Gasteiger partial charge in [0.1, 0.15) is 17.7 Å². The van der Waals surface area contributed by atoms with Crippen LogP contribution < -0.4 is 10.6 Å². The highest BCUT2D eigenvalue weighted by Crippen LogP contribution is 2.34. The van der Waals surface area contributed by atoms with Crippen molar-refractivity contribution in [3.63, 3.8) is 0 Å². The van der Waals surface area contributed by atoms with Gasteiger partial charge in [-0.05, 0) is 17.7 Å². The summed E-state index contributed by atoms with van der Waals surface area (Å²) in [4.78, 5) is 24.8. The predicted octanol–water partition coefficient (Wildman–Crippen LogP) is 3.63. The van der Waals surface area contributed by atoms with E-state index in [2.05, 4.69) is 15.7 Å². The van der Waals surface area contributed by atoms with Gasteiger partial charge in [-0.25, -0.2) is 22.2 Å². The molecule has 1 unspecified atom stereocenters. The lowest BCUT2D eigenvalue weighted by atomic mass is 10.1. The Morgan fingerprint density at radius 1 is 1.10 bits per heavy atom. The summed E-state index contributed by atoms with van der Waals surface area (Å²) in [7, 11) is 0. The fourth-order valence-electron chi connectivity index (χ4n) is 3.07. The average molecular weight is 404 g/mol. The summed E-state index contributed by atoms with van der Waals surface area (Å²) in [5, 5.41) is 9.00. The van der Waals surface area contributed by atoms with E-state index in [0.29, 0.717) is 23.3 Å². The largest absolute Gasteiger partial charge is 0.324 e. The number of benzene rings is 2. The maximum atomic E-state index is 13.4. The van der Waals surface area contributed by atoms with E-state index in [1.165, 1.54) is 35.1 Å². The Kier molecular flexibility index (Phi) is 4.53. The molecule has 3 aromatic rings. The normalized spacial score (nSPS) is 15.6. The molecule has 148 valence electrons. The summed E-state index contributed by atoms with van der Waals surface area (Å²) in [5.41, 5.74) is 0.733. The van der Waals surface area contributed by atoms with Gasteiger partial charge in [-0.3, -0.25) is 9.59 Å². The first-order chi connectivity index (χ1) is 13.8. The van der Waals surface area contributed by atoms with E-state index in [1.807, 2.05) is 0 Å². The molecule has 2 heterocycles. The van der Waals surface area contributed by atoms with E-state index < -0.39 is 41.1 Å². The number of rotatable bonds is 3. The molecule has 6 nitrogen and oxygen atoms in total. The number of amides is 2. The molecule has 0 bridgehead atoms. The predicted molar refractivity (Wildman–Crippen MR) is 94.9 cm³/mol. The van der Waals surface area contributed by atoms with Gasteiger partial charge in [-0.1, -0.05) is 12.1 Å². The van der Waals surface area contributed by atoms with Crippen molar-refractivity contribution in [3.05, 3.63) is 65.9 Å². The van der Waals surface area contributed by atoms with Gasteiger partial charge in [0.2, 0.25) is 11.8 Å². The highest BCUT2D eigenvalue weighted by Gasteiger charge is 2.33. The van der Waals surface area contributed by atoms with Crippen LogP contribution in [0.2, 0.25) is 0 Å². The third-order valence-corrected chi connectivity index (χ3v) is 4.44. The lowest BCUT2D eigenvalue weighted by molar-refractivity contribution is -0.125. The Bertz CT molecular complexity index is 1100. The lowest BCUT2D eigenvalue weighted by Crippen LogP contribution is -2.35. The quantitative estimate of drug-likeness (QED) is 0.517. The Hall–Kier alpha value is -3.69. The van der Waals surface area contributed by atoms with Crippen LogP contribution in [0.25, 0.3) is 11.1 Å². The monoisotopic (exact) mass is 404 g/mol. The summed E-state index contributed by atoms with van der Waals surface area (Å²) in [6.07, 6.45) is 1.14. The number of aromatic nitrogens is 2. The number of fused-ring (bicyclic) bond motifs is 1. The second-order valence-electron chi connectivity index (χ2n) is 6.37. The number of nitrogens with one attached hydrogen (secondary N) is 2. The zero-order valence-corrected chi connectivity index (χ0v) is 14.5. The Morgan fingerprint density at radius 2 is 1.76 bits per heavy atom. The van der Waals surface area contributed by atoms with E-state index in [1.54, 1.807) is 0 Å². The van der Waals surface area contributed by atoms with Crippen LogP contribution >= 0.6 is 0 Å². The third kappa shape index (κ3) is 3.44. The molecule has 1 atom stereocenters. The second kappa shape index (κ2) is 7.04. The van der Waals surface area contributed by atoms with Gasteiger partial charge >= 0.3 is 0 Å². The first-order valence-electron chi connectivity index (χ1n) is 8.42. The fourth-order valence-corrected chi connectivity index (χ4v) is 3.07. The standard InChI is InChI=1S/C19H12F4N4O2/c20-10-3-1-9(2-4-10)12-8-24-27-15(7-16(28)26-18(12)27)19(29)25-11-5-13(21)17(23)14(22)6-11/h1-6,8,15H,7H2,(H,25,29)(H,26,28). The topological polar surface area (TPSA) is 76.0 Å². The van der Waals surface area contributed by atoms with Gasteiger partial charge in [0, 0.05) is 23.4 Å². The van der Waals surface area contributed by atoms with Gasteiger partial charge in [-0.15, -0.1) is 0 Å². The first kappa shape index (κ1) is 18.7. The smallest absolute Gasteiger partial charge is 0.249 e. The molecule has 0 fully saturated rings. The highest BCUT2D eigenvalue weighted by molar-refractivity contribution is 6.03. The summed E-state index contributed by atoms with van der Waals surface area (Å²) in [5.74, 6) is -6.02. The number of hydrogen-bond acceptors (Lipinski definition) is 3. The zero-order chi connectivity index (χ0) is 20.7. The number of hydrogen-bond donors (Lipinski definition) is 2. The van der Waals surface area contributed by atoms with Crippen molar-refractivity contribution >= 4 is 23.3 Å². The maximum Gasteiger partial charge on any atom is 0.249 e. The van der Waals surface area contributed by atoms with Crippen LogP contribution in [0.3, 0.4) is 0 Å². The van der Waals surface area contributed by atoms with Crippen molar-refractivity contribution in [2.75, 3.05) is 10.6 Å². The average Bonchev–Trinajstić information content (AvgIpc) is 3.09. The van der Waals surface area contributed by atoms with E-state index in [-0.39, 0.29) is 17.9 Å². The van der Waals surface area contributed by atoms with Gasteiger partial charge in [0.25, 0.3) is 0 Å². The van der Waals surface area contributed by atoms with Crippen molar-refractivity contribution in [1.29, 1.82) is 0 Å². The van der Waals surface area contributed by atoms with Gasteiger partial charge in [0.15, 0.2) is 17.5 Å². The molecule has 0 spiro atoms. The molecular formula is C19H12F4N4O2.